The van der Waals surface area contributed by atoms with Gasteiger partial charge in [-0.05, 0) is 44.9 Å². The van der Waals surface area contributed by atoms with Crippen molar-refractivity contribution in [3.63, 3.8) is 0 Å². The quantitative estimate of drug-likeness (QED) is 0.563. The second-order valence-electron chi connectivity index (χ2n) is 7.95. The molecule has 0 aliphatic carbocycles. The topological polar surface area (TPSA) is 77.6 Å². The van der Waals surface area contributed by atoms with Crippen LogP contribution in [-0.2, 0) is 20.0 Å². The molecule has 4 aromatic rings. The SMILES string of the molecule is Cc1cc(C(=O)Nc2cccc(-c3cn4c(n3)CCCC4)c2)c2c(C)nn(C)c2n1. The Morgan fingerprint density at radius 2 is 2.00 bits per heavy atom. The number of aryl methyl sites for hydroxylation is 5. The number of fused-ring (bicyclic) bond motifs is 2. The van der Waals surface area contributed by atoms with Crippen molar-refractivity contribution in [1.82, 2.24) is 24.3 Å². The summed E-state index contributed by atoms with van der Waals surface area (Å²) in [5.74, 6) is 0.982. The van der Waals surface area contributed by atoms with Crippen molar-refractivity contribution in [1.29, 1.82) is 0 Å². The van der Waals surface area contributed by atoms with Gasteiger partial charge in [-0.25, -0.2) is 9.97 Å². The molecule has 0 atom stereocenters. The van der Waals surface area contributed by atoms with Gasteiger partial charge in [0.05, 0.1) is 22.3 Å². The summed E-state index contributed by atoms with van der Waals surface area (Å²) in [5, 5.41) is 8.27. The van der Waals surface area contributed by atoms with E-state index in [-0.39, 0.29) is 5.91 Å². The monoisotopic (exact) mass is 400 g/mol. The standard InChI is InChI=1S/C23H24N6O/c1-14-11-18(21-15(2)27-28(3)22(21)24-14)23(30)25-17-8-6-7-16(12-17)19-13-29-10-5-4-9-20(29)26-19/h6-8,11-13H,4-5,9-10H2,1-3H3,(H,25,30). The molecule has 152 valence electrons. The molecule has 1 N–H and O–H groups in total. The summed E-state index contributed by atoms with van der Waals surface area (Å²) in [6, 6.07) is 9.68. The van der Waals surface area contributed by atoms with E-state index in [1.807, 2.05) is 51.2 Å². The summed E-state index contributed by atoms with van der Waals surface area (Å²) in [5.41, 5.74) is 5.58. The lowest BCUT2D eigenvalue weighted by atomic mass is 10.1. The van der Waals surface area contributed by atoms with E-state index in [4.69, 9.17) is 4.98 Å². The van der Waals surface area contributed by atoms with Gasteiger partial charge in [0.2, 0.25) is 0 Å². The fraction of sp³-hybridized carbons (Fsp3) is 0.304. The largest absolute Gasteiger partial charge is 0.334 e. The van der Waals surface area contributed by atoms with E-state index in [0.29, 0.717) is 5.56 Å². The van der Waals surface area contributed by atoms with E-state index < -0.39 is 0 Å². The van der Waals surface area contributed by atoms with Crippen LogP contribution in [-0.4, -0.2) is 30.2 Å². The molecule has 5 rings (SSSR count). The second-order valence-corrected chi connectivity index (χ2v) is 7.95. The zero-order chi connectivity index (χ0) is 20.8. The summed E-state index contributed by atoms with van der Waals surface area (Å²) < 4.78 is 3.96. The summed E-state index contributed by atoms with van der Waals surface area (Å²) >= 11 is 0. The van der Waals surface area contributed by atoms with Crippen LogP contribution in [0.25, 0.3) is 22.3 Å². The normalized spacial score (nSPS) is 13.4. The summed E-state index contributed by atoms with van der Waals surface area (Å²) in [6.07, 6.45) is 5.54. The number of aromatic nitrogens is 5. The van der Waals surface area contributed by atoms with Crippen LogP contribution in [0.1, 0.15) is 40.4 Å². The molecule has 7 heteroatoms. The summed E-state index contributed by atoms with van der Waals surface area (Å²) in [4.78, 5) is 22.5. The zero-order valence-electron chi connectivity index (χ0n) is 17.4. The van der Waals surface area contributed by atoms with Crippen molar-refractivity contribution < 1.29 is 4.79 Å². The van der Waals surface area contributed by atoms with E-state index >= 15 is 0 Å². The second kappa shape index (κ2) is 7.09. The molecule has 3 aromatic heterocycles. The fourth-order valence-electron chi connectivity index (χ4n) is 4.26. The van der Waals surface area contributed by atoms with Crippen LogP contribution in [0, 0.1) is 13.8 Å². The number of nitrogens with one attached hydrogen (secondary N) is 1. The summed E-state index contributed by atoms with van der Waals surface area (Å²) in [6.45, 7) is 4.82. The molecule has 0 bridgehead atoms. The van der Waals surface area contributed by atoms with Crippen LogP contribution in [0.4, 0.5) is 5.69 Å². The van der Waals surface area contributed by atoms with Gasteiger partial charge in [-0.2, -0.15) is 5.10 Å². The maximum atomic E-state index is 13.2. The predicted octanol–water partition coefficient (Wildman–Crippen LogP) is 4.04. The number of amides is 1. The number of benzene rings is 1. The molecule has 4 heterocycles. The molecule has 1 aromatic carbocycles. The Labute approximate surface area is 174 Å². The van der Waals surface area contributed by atoms with Gasteiger partial charge in [-0.3, -0.25) is 9.48 Å². The van der Waals surface area contributed by atoms with Crippen LogP contribution >= 0.6 is 0 Å². The van der Waals surface area contributed by atoms with Gasteiger partial charge < -0.3 is 9.88 Å². The molecule has 1 amide bonds. The Morgan fingerprint density at radius 1 is 1.13 bits per heavy atom. The van der Waals surface area contributed by atoms with Crippen molar-refractivity contribution in [2.45, 2.75) is 39.7 Å². The van der Waals surface area contributed by atoms with Crippen LogP contribution in [0.2, 0.25) is 0 Å². The van der Waals surface area contributed by atoms with Gasteiger partial charge in [0.15, 0.2) is 5.65 Å². The van der Waals surface area contributed by atoms with E-state index in [1.54, 1.807) is 4.68 Å². The molecule has 1 aliphatic rings. The van der Waals surface area contributed by atoms with Gasteiger partial charge in [-0.15, -0.1) is 0 Å². The highest BCUT2D eigenvalue weighted by atomic mass is 16.1. The Bertz CT molecular complexity index is 1260. The van der Waals surface area contributed by atoms with Gasteiger partial charge in [0.1, 0.15) is 5.82 Å². The van der Waals surface area contributed by atoms with Crippen LogP contribution in [0.3, 0.4) is 0 Å². The molecule has 0 unspecified atom stereocenters. The number of carbonyl (C=O) groups excluding carboxylic acids is 1. The van der Waals surface area contributed by atoms with Crippen molar-refractivity contribution in [3.05, 3.63) is 59.3 Å². The lowest BCUT2D eigenvalue weighted by Gasteiger charge is -2.11. The lowest BCUT2D eigenvalue weighted by Crippen LogP contribution is -2.13. The summed E-state index contributed by atoms with van der Waals surface area (Å²) in [7, 11) is 1.84. The average molecular weight is 400 g/mol. The molecule has 7 nitrogen and oxygen atoms in total. The van der Waals surface area contributed by atoms with Crippen molar-refractivity contribution >= 4 is 22.6 Å². The van der Waals surface area contributed by atoms with E-state index in [2.05, 4.69) is 26.2 Å². The smallest absolute Gasteiger partial charge is 0.256 e. The molecule has 0 saturated carbocycles. The van der Waals surface area contributed by atoms with Crippen LogP contribution < -0.4 is 5.32 Å². The van der Waals surface area contributed by atoms with Gasteiger partial charge >= 0.3 is 0 Å². The fourth-order valence-corrected chi connectivity index (χ4v) is 4.26. The third-order valence-electron chi connectivity index (χ3n) is 5.67. The van der Waals surface area contributed by atoms with Crippen LogP contribution in [0.15, 0.2) is 36.5 Å². The first-order valence-corrected chi connectivity index (χ1v) is 10.3. The number of rotatable bonds is 3. The highest BCUT2D eigenvalue weighted by Crippen LogP contribution is 2.26. The molecule has 1 aliphatic heterocycles. The van der Waals surface area contributed by atoms with Crippen molar-refractivity contribution in [3.8, 4) is 11.3 Å². The van der Waals surface area contributed by atoms with Crippen LogP contribution in [0.5, 0.6) is 0 Å². The van der Waals surface area contributed by atoms with Crippen molar-refractivity contribution in [2.24, 2.45) is 7.05 Å². The Morgan fingerprint density at radius 3 is 2.83 bits per heavy atom. The maximum absolute atomic E-state index is 13.2. The average Bonchev–Trinajstić information content (AvgIpc) is 3.28. The number of hydrogen-bond donors (Lipinski definition) is 1. The minimum atomic E-state index is -0.164. The molecular formula is C23H24N6O. The van der Waals surface area contributed by atoms with Gasteiger partial charge in [-0.1, -0.05) is 12.1 Å². The maximum Gasteiger partial charge on any atom is 0.256 e. The molecule has 0 saturated heterocycles. The Hall–Kier alpha value is -3.48. The van der Waals surface area contributed by atoms with E-state index in [1.165, 1.54) is 12.8 Å². The zero-order valence-corrected chi connectivity index (χ0v) is 17.4. The number of hydrogen-bond acceptors (Lipinski definition) is 4. The third kappa shape index (κ3) is 3.16. The predicted molar refractivity (Wildman–Crippen MR) is 117 cm³/mol. The minimum Gasteiger partial charge on any atom is -0.334 e. The number of imidazole rings is 1. The number of pyridine rings is 1. The molecule has 0 spiro atoms. The number of anilines is 1. The van der Waals surface area contributed by atoms with Crippen molar-refractivity contribution in [2.75, 3.05) is 5.32 Å². The Balaban J connectivity index is 1.47. The first kappa shape index (κ1) is 18.5. The molecule has 0 fully saturated rings. The van der Waals surface area contributed by atoms with Gasteiger partial charge in [0.25, 0.3) is 5.91 Å². The highest BCUT2D eigenvalue weighted by molar-refractivity contribution is 6.12. The number of nitrogens with zero attached hydrogens (tertiary/aromatic N) is 5. The molecular weight excluding hydrogens is 376 g/mol. The number of carbonyl (C=O) groups is 1. The molecule has 30 heavy (non-hydrogen) atoms. The molecule has 0 radical (unpaired) electrons. The minimum absolute atomic E-state index is 0.164. The first-order valence-electron chi connectivity index (χ1n) is 10.3. The van der Waals surface area contributed by atoms with E-state index in [0.717, 1.165) is 58.2 Å². The first-order chi connectivity index (χ1) is 14.5. The Kier molecular flexibility index (Phi) is 4.38. The highest BCUT2D eigenvalue weighted by Gasteiger charge is 2.18. The van der Waals surface area contributed by atoms with E-state index in [9.17, 15) is 4.79 Å². The lowest BCUT2D eigenvalue weighted by molar-refractivity contribution is 0.102. The third-order valence-corrected chi connectivity index (χ3v) is 5.67. The van der Waals surface area contributed by atoms with Gasteiger partial charge in [0, 0.05) is 43.2 Å².